The molecule has 3 amide bonds. The van der Waals surface area contributed by atoms with Gasteiger partial charge in [0.15, 0.2) is 0 Å². The van der Waals surface area contributed by atoms with Crippen molar-refractivity contribution >= 4 is 23.4 Å². The summed E-state index contributed by atoms with van der Waals surface area (Å²) in [5.74, 6) is -2.17. The minimum Gasteiger partial charge on any atom is -0.394 e. The van der Waals surface area contributed by atoms with Gasteiger partial charge in [-0.05, 0) is 24.5 Å². The van der Waals surface area contributed by atoms with Crippen LogP contribution in [0.5, 0.6) is 0 Å². The Hall–Kier alpha value is -3.05. The smallest absolute Gasteiger partial charge is 0.249 e. The minimum atomic E-state index is -1.30. The van der Waals surface area contributed by atoms with Gasteiger partial charge in [0, 0.05) is 45.0 Å². The second kappa shape index (κ2) is 11.9. The van der Waals surface area contributed by atoms with E-state index in [1.54, 1.807) is 14.7 Å². The van der Waals surface area contributed by atoms with Crippen LogP contribution in [0.3, 0.4) is 0 Å². The first kappa shape index (κ1) is 29.0. The lowest BCUT2D eigenvalue weighted by molar-refractivity contribution is -0.150. The highest BCUT2D eigenvalue weighted by Gasteiger charge is 2.72. The number of morpholine rings is 1. The van der Waals surface area contributed by atoms with E-state index in [4.69, 9.17) is 9.47 Å². The van der Waals surface area contributed by atoms with Crippen LogP contribution in [0.1, 0.15) is 20.3 Å². The van der Waals surface area contributed by atoms with Crippen molar-refractivity contribution < 1.29 is 29.0 Å². The van der Waals surface area contributed by atoms with E-state index >= 15 is 0 Å². The largest absolute Gasteiger partial charge is 0.394 e. The fourth-order valence-electron chi connectivity index (χ4n) is 7.46. The molecule has 0 aliphatic carbocycles. The first-order chi connectivity index (χ1) is 20.4. The van der Waals surface area contributed by atoms with Crippen molar-refractivity contribution in [3.63, 3.8) is 0 Å². The highest BCUT2D eigenvalue weighted by atomic mass is 16.5. The van der Waals surface area contributed by atoms with Gasteiger partial charge in [0.1, 0.15) is 11.6 Å². The molecule has 5 aliphatic heterocycles. The fraction of sp³-hybridized carbons (Fsp3) is 0.594. The Labute approximate surface area is 247 Å². The average molecular weight is 579 g/mol. The van der Waals surface area contributed by atoms with Gasteiger partial charge in [0.05, 0.1) is 43.8 Å². The van der Waals surface area contributed by atoms with Crippen LogP contribution in [-0.4, -0.2) is 120 Å². The molecule has 10 nitrogen and oxygen atoms in total. The standard InChI is InChI=1S/C32H42N4O6/c1-22(2)20-24(21-37)36-28-31(40)34(15-14-33-16-18-41-19-17-33)12-7-11-32(28)27(30(36)39)26-25(42-32)10-6-13-35(29(26)38)23-8-4-3-5-9-23/h3-11,22,24-28,37H,12-21H2,1-2H3/t24-,25-,26+,27+,28?,32+/m1/s1. The topological polar surface area (TPSA) is 103 Å². The molecule has 0 radical (unpaired) electrons. The number of anilines is 1. The Morgan fingerprint density at radius 2 is 1.74 bits per heavy atom. The quantitative estimate of drug-likeness (QED) is 0.464. The Bertz CT molecular complexity index is 1230. The van der Waals surface area contributed by atoms with Crippen molar-refractivity contribution in [1.29, 1.82) is 0 Å². The van der Waals surface area contributed by atoms with Gasteiger partial charge in [-0.2, -0.15) is 0 Å². The minimum absolute atomic E-state index is 0.185. The van der Waals surface area contributed by atoms with E-state index in [1.807, 2.05) is 68.5 Å². The van der Waals surface area contributed by atoms with Gasteiger partial charge in [-0.15, -0.1) is 0 Å². The molecule has 1 unspecified atom stereocenters. The number of nitrogens with zero attached hydrogens (tertiary/aromatic N) is 4. The molecular weight excluding hydrogens is 536 g/mol. The number of ether oxygens (including phenoxy) is 2. The molecule has 3 fully saturated rings. The molecule has 226 valence electrons. The number of hydrogen-bond donors (Lipinski definition) is 1. The summed E-state index contributed by atoms with van der Waals surface area (Å²) in [5.41, 5.74) is -0.552. The van der Waals surface area contributed by atoms with Gasteiger partial charge in [-0.25, -0.2) is 0 Å². The maximum atomic E-state index is 14.6. The Kier molecular flexibility index (Phi) is 8.24. The maximum Gasteiger partial charge on any atom is 0.249 e. The molecule has 6 rings (SSSR count). The number of carbonyl (C=O) groups is 3. The van der Waals surface area contributed by atoms with Crippen LogP contribution in [0.25, 0.3) is 0 Å². The Balaban J connectivity index is 1.37. The number of carbonyl (C=O) groups excluding carboxylic acids is 3. The number of likely N-dealkylation sites (tertiary alicyclic amines) is 1. The van der Waals surface area contributed by atoms with E-state index in [-0.39, 0.29) is 30.2 Å². The van der Waals surface area contributed by atoms with Gasteiger partial charge in [0.25, 0.3) is 0 Å². The number of rotatable bonds is 8. The highest BCUT2D eigenvalue weighted by molar-refractivity contribution is 6.04. The third-order valence-corrected chi connectivity index (χ3v) is 9.39. The SMILES string of the molecule is CC(C)C[C@H](CO)N1C(=O)[C@@H]2[C@H]3C(=O)N(c4ccccc4)CC=C[C@H]3O[C@@]23C=CCN(CCN2CCOCC2)C(=O)C13. The van der Waals surface area contributed by atoms with Crippen LogP contribution in [0.4, 0.5) is 5.69 Å². The molecule has 1 spiro atoms. The number of fused-ring (bicyclic) bond motifs is 2. The second-order valence-electron chi connectivity index (χ2n) is 12.4. The highest BCUT2D eigenvalue weighted by Crippen LogP contribution is 2.54. The molecule has 5 heterocycles. The van der Waals surface area contributed by atoms with E-state index in [0.29, 0.717) is 45.8 Å². The molecule has 3 saturated heterocycles. The van der Waals surface area contributed by atoms with E-state index < -0.39 is 35.6 Å². The van der Waals surface area contributed by atoms with Crippen LogP contribution in [0.15, 0.2) is 54.6 Å². The van der Waals surface area contributed by atoms with E-state index in [9.17, 15) is 19.5 Å². The van der Waals surface area contributed by atoms with Gasteiger partial charge in [0.2, 0.25) is 17.7 Å². The molecule has 5 aliphatic rings. The van der Waals surface area contributed by atoms with Gasteiger partial charge in [-0.3, -0.25) is 19.3 Å². The van der Waals surface area contributed by atoms with E-state index in [1.165, 1.54) is 0 Å². The molecule has 10 heteroatoms. The van der Waals surface area contributed by atoms with Crippen molar-refractivity contribution in [2.24, 2.45) is 17.8 Å². The predicted octanol–water partition coefficient (Wildman–Crippen LogP) is 1.31. The number of hydrogen-bond acceptors (Lipinski definition) is 7. The second-order valence-corrected chi connectivity index (χ2v) is 12.4. The number of amides is 3. The molecule has 1 aromatic carbocycles. The first-order valence-corrected chi connectivity index (χ1v) is 15.3. The molecule has 1 aromatic rings. The number of benzene rings is 1. The fourth-order valence-corrected chi connectivity index (χ4v) is 7.46. The zero-order chi connectivity index (χ0) is 29.4. The van der Waals surface area contributed by atoms with Crippen molar-refractivity contribution in [3.8, 4) is 0 Å². The summed E-state index contributed by atoms with van der Waals surface area (Å²) < 4.78 is 12.2. The van der Waals surface area contributed by atoms with Crippen molar-refractivity contribution in [3.05, 3.63) is 54.6 Å². The number of aliphatic hydroxyl groups is 1. The van der Waals surface area contributed by atoms with Crippen LogP contribution >= 0.6 is 0 Å². The summed E-state index contributed by atoms with van der Waals surface area (Å²) in [4.78, 5) is 50.7. The lowest BCUT2D eigenvalue weighted by Crippen LogP contribution is -2.59. The molecular formula is C32H42N4O6. The molecule has 1 N–H and O–H groups in total. The third kappa shape index (κ3) is 4.98. The summed E-state index contributed by atoms with van der Waals surface area (Å²) in [7, 11) is 0. The van der Waals surface area contributed by atoms with Crippen LogP contribution in [-0.2, 0) is 23.9 Å². The van der Waals surface area contributed by atoms with Gasteiger partial charge in [-0.1, -0.05) is 56.4 Å². The normalized spacial score (nSPS) is 32.2. The van der Waals surface area contributed by atoms with E-state index in [0.717, 1.165) is 18.8 Å². The molecule has 42 heavy (non-hydrogen) atoms. The number of aliphatic hydroxyl groups excluding tert-OH is 1. The van der Waals surface area contributed by atoms with Crippen LogP contribution < -0.4 is 4.90 Å². The Morgan fingerprint density at radius 3 is 2.45 bits per heavy atom. The molecule has 0 aromatic heterocycles. The summed E-state index contributed by atoms with van der Waals surface area (Å²) in [6.07, 6.45) is 7.48. The molecule has 0 bridgehead atoms. The number of para-hydroxylation sites is 1. The van der Waals surface area contributed by atoms with Crippen LogP contribution in [0.2, 0.25) is 0 Å². The zero-order valence-electron chi connectivity index (χ0n) is 24.5. The average Bonchev–Trinajstić information content (AvgIpc) is 3.32. The third-order valence-electron chi connectivity index (χ3n) is 9.39. The monoisotopic (exact) mass is 578 g/mol. The first-order valence-electron chi connectivity index (χ1n) is 15.3. The van der Waals surface area contributed by atoms with Gasteiger partial charge >= 0.3 is 0 Å². The summed E-state index contributed by atoms with van der Waals surface area (Å²) in [6, 6.07) is 7.91. The Morgan fingerprint density at radius 1 is 0.976 bits per heavy atom. The predicted molar refractivity (Wildman–Crippen MR) is 156 cm³/mol. The van der Waals surface area contributed by atoms with Crippen molar-refractivity contribution in [2.75, 3.05) is 64.0 Å². The van der Waals surface area contributed by atoms with Crippen LogP contribution in [0, 0.1) is 17.8 Å². The van der Waals surface area contributed by atoms with E-state index in [2.05, 4.69) is 4.90 Å². The lowest BCUT2D eigenvalue weighted by atomic mass is 9.77. The maximum absolute atomic E-state index is 14.6. The molecule has 6 atom stereocenters. The lowest BCUT2D eigenvalue weighted by Gasteiger charge is -2.39. The molecule has 0 saturated carbocycles. The van der Waals surface area contributed by atoms with Gasteiger partial charge < -0.3 is 29.3 Å². The zero-order valence-corrected chi connectivity index (χ0v) is 24.5. The summed E-state index contributed by atoms with van der Waals surface area (Å²) in [6.45, 7) is 8.75. The van der Waals surface area contributed by atoms with Crippen molar-refractivity contribution in [1.82, 2.24) is 14.7 Å². The summed E-state index contributed by atoms with van der Waals surface area (Å²) >= 11 is 0. The van der Waals surface area contributed by atoms with Crippen molar-refractivity contribution in [2.45, 2.75) is 44.1 Å². The summed E-state index contributed by atoms with van der Waals surface area (Å²) in [5, 5.41) is 10.5.